The van der Waals surface area contributed by atoms with Crippen LogP contribution in [0.4, 0.5) is 5.69 Å². The monoisotopic (exact) mass is 340 g/mol. The van der Waals surface area contributed by atoms with Gasteiger partial charge in [0.2, 0.25) is 11.6 Å². The van der Waals surface area contributed by atoms with Gasteiger partial charge in [0.1, 0.15) is 5.76 Å². The van der Waals surface area contributed by atoms with Crippen LogP contribution in [0.25, 0.3) is 11.5 Å². The van der Waals surface area contributed by atoms with E-state index in [0.717, 1.165) is 22.7 Å². The van der Waals surface area contributed by atoms with Crippen molar-refractivity contribution in [1.82, 2.24) is 4.98 Å². The Balaban J connectivity index is 1.95. The van der Waals surface area contributed by atoms with Crippen molar-refractivity contribution in [3.63, 3.8) is 0 Å². The summed E-state index contributed by atoms with van der Waals surface area (Å²) in [4.78, 5) is 4.59. The highest BCUT2D eigenvalue weighted by Crippen LogP contribution is 2.40. The second-order valence-electron chi connectivity index (χ2n) is 5.67. The number of nitrogens with zero attached hydrogens (tertiary/aromatic N) is 1. The molecule has 0 aliphatic heterocycles. The normalized spacial score (nSPS) is 10.7. The summed E-state index contributed by atoms with van der Waals surface area (Å²) < 4.78 is 16.2. The van der Waals surface area contributed by atoms with E-state index in [1.807, 2.05) is 31.2 Å². The van der Waals surface area contributed by atoms with Gasteiger partial charge in [0.15, 0.2) is 11.5 Å². The molecule has 130 valence electrons. The molecule has 0 aliphatic rings. The largest absolute Gasteiger partial charge is 0.502 e. The molecule has 0 saturated carbocycles. The van der Waals surface area contributed by atoms with E-state index in [0.29, 0.717) is 29.4 Å². The number of aromatic nitrogens is 1. The van der Waals surface area contributed by atoms with Crippen molar-refractivity contribution >= 4 is 5.69 Å². The Morgan fingerprint density at radius 3 is 2.24 bits per heavy atom. The Bertz CT molecular complexity index is 860. The van der Waals surface area contributed by atoms with E-state index in [-0.39, 0.29) is 5.75 Å². The zero-order valence-electron chi connectivity index (χ0n) is 14.4. The number of nitrogens with two attached hydrogens (primary N) is 1. The van der Waals surface area contributed by atoms with Gasteiger partial charge in [0, 0.05) is 17.7 Å². The fourth-order valence-electron chi connectivity index (χ4n) is 2.56. The second-order valence-corrected chi connectivity index (χ2v) is 5.67. The summed E-state index contributed by atoms with van der Waals surface area (Å²) in [6.45, 7) is 1.87. The van der Waals surface area contributed by atoms with Crippen molar-refractivity contribution in [2.24, 2.45) is 0 Å². The molecule has 0 unspecified atom stereocenters. The van der Waals surface area contributed by atoms with E-state index < -0.39 is 0 Å². The number of nitrogen functional groups attached to an aromatic ring is 1. The van der Waals surface area contributed by atoms with Crippen molar-refractivity contribution in [3.05, 3.63) is 53.4 Å². The number of ether oxygens (including phenoxy) is 2. The summed E-state index contributed by atoms with van der Waals surface area (Å²) in [7, 11) is 2.96. The molecule has 2 aromatic carbocycles. The van der Waals surface area contributed by atoms with Crippen LogP contribution in [0, 0.1) is 6.92 Å². The third-order valence-corrected chi connectivity index (χ3v) is 3.97. The Morgan fingerprint density at radius 2 is 1.68 bits per heavy atom. The van der Waals surface area contributed by atoms with Gasteiger partial charge >= 0.3 is 0 Å². The molecule has 0 bridgehead atoms. The van der Waals surface area contributed by atoms with Gasteiger partial charge in [-0.2, -0.15) is 0 Å². The van der Waals surface area contributed by atoms with Crippen LogP contribution in [0.15, 0.2) is 40.8 Å². The fourth-order valence-corrected chi connectivity index (χ4v) is 2.56. The summed E-state index contributed by atoms with van der Waals surface area (Å²) in [5.41, 5.74) is 9.04. The van der Waals surface area contributed by atoms with Gasteiger partial charge in [-0.15, -0.1) is 0 Å². The number of aryl methyl sites for hydroxylation is 1. The molecule has 0 aliphatic carbocycles. The number of methoxy groups -OCH3 is 2. The van der Waals surface area contributed by atoms with E-state index in [4.69, 9.17) is 19.6 Å². The highest BCUT2D eigenvalue weighted by Gasteiger charge is 2.17. The molecular formula is C19H20N2O4. The predicted octanol–water partition coefficient (Wildman–Crippen LogP) is 3.55. The minimum absolute atomic E-state index is 0.0564. The number of aromatic hydroxyl groups is 1. The summed E-state index contributed by atoms with van der Waals surface area (Å²) in [6.07, 6.45) is 0.641. The summed E-state index contributed by atoms with van der Waals surface area (Å²) in [6, 6.07) is 11.0. The Hall–Kier alpha value is -3.15. The molecule has 0 atom stereocenters. The number of anilines is 1. The number of phenolic OH excluding ortho intramolecular Hbond substituents is 1. The molecule has 3 N–H and O–H groups in total. The minimum Gasteiger partial charge on any atom is -0.502 e. The maximum absolute atomic E-state index is 10.0. The zero-order chi connectivity index (χ0) is 18.0. The molecule has 0 amide bonds. The first-order valence-corrected chi connectivity index (χ1v) is 7.78. The summed E-state index contributed by atoms with van der Waals surface area (Å²) in [5.74, 6) is 1.71. The van der Waals surface area contributed by atoms with E-state index in [1.54, 1.807) is 12.1 Å². The first kappa shape index (κ1) is 16.7. The van der Waals surface area contributed by atoms with E-state index in [2.05, 4.69) is 4.98 Å². The maximum Gasteiger partial charge on any atom is 0.226 e. The van der Waals surface area contributed by atoms with Crippen LogP contribution in [-0.2, 0) is 6.42 Å². The lowest BCUT2D eigenvalue weighted by atomic mass is 10.1. The van der Waals surface area contributed by atoms with E-state index in [1.165, 1.54) is 14.2 Å². The molecule has 25 heavy (non-hydrogen) atoms. The molecule has 3 aromatic rings. The van der Waals surface area contributed by atoms with Gasteiger partial charge in [-0.25, -0.2) is 4.98 Å². The van der Waals surface area contributed by atoms with Crippen LogP contribution >= 0.6 is 0 Å². The molecule has 1 aromatic heterocycles. The smallest absolute Gasteiger partial charge is 0.226 e. The molecule has 0 spiro atoms. The molecule has 0 saturated heterocycles. The van der Waals surface area contributed by atoms with Gasteiger partial charge in [-0.05, 0) is 36.8 Å². The number of phenols is 1. The van der Waals surface area contributed by atoms with Crippen LogP contribution < -0.4 is 15.2 Å². The van der Waals surface area contributed by atoms with Crippen molar-refractivity contribution in [2.45, 2.75) is 13.3 Å². The molecule has 6 heteroatoms. The average molecular weight is 340 g/mol. The highest BCUT2D eigenvalue weighted by atomic mass is 16.5. The third kappa shape index (κ3) is 3.38. The SMILES string of the molecule is COc1cc(-c2nc(Cc3ccc(N)cc3)c(C)o2)cc(OC)c1O. The van der Waals surface area contributed by atoms with Gasteiger partial charge in [0.25, 0.3) is 0 Å². The van der Waals surface area contributed by atoms with Crippen LogP contribution in [0.2, 0.25) is 0 Å². The minimum atomic E-state index is -0.0564. The van der Waals surface area contributed by atoms with Crippen LogP contribution in [0.3, 0.4) is 0 Å². The molecule has 6 nitrogen and oxygen atoms in total. The Labute approximate surface area is 145 Å². The maximum atomic E-state index is 10.0. The van der Waals surface area contributed by atoms with Crippen molar-refractivity contribution in [1.29, 1.82) is 0 Å². The van der Waals surface area contributed by atoms with Crippen molar-refractivity contribution < 1.29 is 19.0 Å². The van der Waals surface area contributed by atoms with Crippen LogP contribution in [-0.4, -0.2) is 24.3 Å². The second kappa shape index (κ2) is 6.76. The number of rotatable bonds is 5. The standard InChI is InChI=1S/C19H20N2O4/c1-11-15(8-12-4-6-14(20)7-5-12)21-19(25-11)13-9-16(23-2)18(22)17(10-13)24-3/h4-7,9-10,22H,8,20H2,1-3H3. The van der Waals surface area contributed by atoms with E-state index in [9.17, 15) is 5.11 Å². The fraction of sp³-hybridized carbons (Fsp3) is 0.211. The molecule has 1 heterocycles. The van der Waals surface area contributed by atoms with Crippen LogP contribution in [0.1, 0.15) is 17.0 Å². The first-order chi connectivity index (χ1) is 12.0. The summed E-state index contributed by atoms with van der Waals surface area (Å²) in [5, 5.41) is 10.0. The summed E-state index contributed by atoms with van der Waals surface area (Å²) >= 11 is 0. The first-order valence-electron chi connectivity index (χ1n) is 7.78. The molecule has 0 fully saturated rings. The van der Waals surface area contributed by atoms with Crippen LogP contribution in [0.5, 0.6) is 17.2 Å². The zero-order valence-corrected chi connectivity index (χ0v) is 14.4. The van der Waals surface area contributed by atoms with Crippen molar-refractivity contribution in [2.75, 3.05) is 20.0 Å². The number of oxazole rings is 1. The quantitative estimate of drug-likeness (QED) is 0.690. The van der Waals surface area contributed by atoms with E-state index >= 15 is 0 Å². The van der Waals surface area contributed by atoms with Gasteiger partial charge in [-0.3, -0.25) is 0 Å². The number of hydrogen-bond acceptors (Lipinski definition) is 6. The average Bonchev–Trinajstić information content (AvgIpc) is 2.98. The highest BCUT2D eigenvalue weighted by molar-refractivity contribution is 5.65. The molecule has 3 rings (SSSR count). The lowest BCUT2D eigenvalue weighted by molar-refractivity contribution is 0.340. The van der Waals surface area contributed by atoms with Gasteiger partial charge in [0.05, 0.1) is 19.9 Å². The number of hydrogen-bond donors (Lipinski definition) is 2. The van der Waals surface area contributed by atoms with Crippen molar-refractivity contribution in [3.8, 4) is 28.7 Å². The molecular weight excluding hydrogens is 320 g/mol. The van der Waals surface area contributed by atoms with Gasteiger partial charge < -0.3 is 24.7 Å². The molecule has 0 radical (unpaired) electrons. The lowest BCUT2D eigenvalue weighted by Gasteiger charge is -2.09. The third-order valence-electron chi connectivity index (χ3n) is 3.97. The Morgan fingerprint density at radius 1 is 1.08 bits per heavy atom. The van der Waals surface area contributed by atoms with Gasteiger partial charge in [-0.1, -0.05) is 12.1 Å². The number of benzene rings is 2. The Kier molecular flexibility index (Phi) is 4.52. The predicted molar refractivity (Wildman–Crippen MR) is 95.1 cm³/mol. The topological polar surface area (TPSA) is 90.7 Å². The lowest BCUT2D eigenvalue weighted by Crippen LogP contribution is -1.93.